The highest BCUT2D eigenvalue weighted by atomic mass is 15.2. The molecule has 0 aromatic carbocycles. The lowest BCUT2D eigenvalue weighted by atomic mass is 9.93. The van der Waals surface area contributed by atoms with E-state index in [1.54, 1.807) is 0 Å². The third-order valence-electron chi connectivity index (χ3n) is 4.47. The van der Waals surface area contributed by atoms with Gasteiger partial charge in [-0.2, -0.15) is 0 Å². The zero-order valence-corrected chi connectivity index (χ0v) is 11.6. The van der Waals surface area contributed by atoms with Gasteiger partial charge in [0.1, 0.15) is 0 Å². The summed E-state index contributed by atoms with van der Waals surface area (Å²) in [5.41, 5.74) is 0. The van der Waals surface area contributed by atoms with Crippen molar-refractivity contribution in [2.75, 3.05) is 19.6 Å². The molecule has 1 aliphatic heterocycles. The first-order chi connectivity index (χ1) is 8.40. The summed E-state index contributed by atoms with van der Waals surface area (Å²) in [7, 11) is 0. The third-order valence-corrected chi connectivity index (χ3v) is 4.47. The molecule has 1 saturated heterocycles. The molecule has 1 heterocycles. The SMILES string of the molecule is CCCN(CC1CCCCN1)C1CCCCC1. The van der Waals surface area contributed by atoms with Crippen molar-refractivity contribution in [3.8, 4) is 0 Å². The van der Waals surface area contributed by atoms with Crippen molar-refractivity contribution in [1.82, 2.24) is 10.2 Å². The summed E-state index contributed by atoms with van der Waals surface area (Å²) >= 11 is 0. The van der Waals surface area contributed by atoms with Gasteiger partial charge >= 0.3 is 0 Å². The predicted octanol–water partition coefficient (Wildman–Crippen LogP) is 3.17. The van der Waals surface area contributed by atoms with E-state index in [1.807, 2.05) is 0 Å². The summed E-state index contributed by atoms with van der Waals surface area (Å²) in [6.45, 7) is 6.18. The average molecular weight is 238 g/mol. The number of hydrogen-bond donors (Lipinski definition) is 1. The molecule has 0 aromatic heterocycles. The minimum Gasteiger partial charge on any atom is -0.313 e. The van der Waals surface area contributed by atoms with Crippen molar-refractivity contribution in [1.29, 1.82) is 0 Å². The summed E-state index contributed by atoms with van der Waals surface area (Å²) in [4.78, 5) is 2.79. The Kier molecular flexibility index (Phi) is 5.79. The van der Waals surface area contributed by atoms with Crippen LogP contribution in [0.25, 0.3) is 0 Å². The summed E-state index contributed by atoms with van der Waals surface area (Å²) in [5, 5.41) is 3.71. The minimum absolute atomic E-state index is 0.775. The van der Waals surface area contributed by atoms with Crippen molar-refractivity contribution in [2.45, 2.75) is 76.8 Å². The van der Waals surface area contributed by atoms with Crippen LogP contribution in [-0.2, 0) is 0 Å². The van der Waals surface area contributed by atoms with E-state index < -0.39 is 0 Å². The van der Waals surface area contributed by atoms with Crippen LogP contribution in [0.4, 0.5) is 0 Å². The molecule has 1 unspecified atom stereocenters. The maximum absolute atomic E-state index is 3.71. The Balaban J connectivity index is 1.81. The van der Waals surface area contributed by atoms with Gasteiger partial charge in [0.25, 0.3) is 0 Å². The molecule has 0 aromatic rings. The Morgan fingerprint density at radius 2 is 1.76 bits per heavy atom. The van der Waals surface area contributed by atoms with E-state index in [0.717, 1.165) is 12.1 Å². The maximum Gasteiger partial charge on any atom is 0.0195 e. The Hall–Kier alpha value is -0.0800. The molecule has 2 nitrogen and oxygen atoms in total. The summed E-state index contributed by atoms with van der Waals surface area (Å²) < 4.78 is 0. The van der Waals surface area contributed by atoms with Gasteiger partial charge in [-0.3, -0.25) is 4.90 Å². The molecule has 100 valence electrons. The van der Waals surface area contributed by atoms with Gasteiger partial charge in [-0.05, 0) is 45.2 Å². The van der Waals surface area contributed by atoms with Crippen molar-refractivity contribution >= 4 is 0 Å². The first-order valence-corrected chi connectivity index (χ1v) is 7.87. The topological polar surface area (TPSA) is 15.3 Å². The van der Waals surface area contributed by atoms with Gasteiger partial charge in [0.2, 0.25) is 0 Å². The van der Waals surface area contributed by atoms with E-state index in [2.05, 4.69) is 17.1 Å². The number of rotatable bonds is 5. The second kappa shape index (κ2) is 7.38. The van der Waals surface area contributed by atoms with Crippen molar-refractivity contribution in [3.05, 3.63) is 0 Å². The Bertz CT molecular complexity index is 193. The van der Waals surface area contributed by atoms with Crippen LogP contribution >= 0.6 is 0 Å². The fourth-order valence-electron chi connectivity index (χ4n) is 3.52. The van der Waals surface area contributed by atoms with Crippen LogP contribution in [0.15, 0.2) is 0 Å². The highest BCUT2D eigenvalue weighted by molar-refractivity contribution is 4.81. The van der Waals surface area contributed by atoms with E-state index in [0.29, 0.717) is 0 Å². The van der Waals surface area contributed by atoms with E-state index in [-0.39, 0.29) is 0 Å². The lowest BCUT2D eigenvalue weighted by molar-refractivity contribution is 0.134. The Labute approximate surface area is 107 Å². The highest BCUT2D eigenvalue weighted by Crippen LogP contribution is 2.23. The molecular formula is C15H30N2. The van der Waals surface area contributed by atoms with Gasteiger partial charge in [0, 0.05) is 18.6 Å². The fraction of sp³-hybridized carbons (Fsp3) is 1.00. The quantitative estimate of drug-likeness (QED) is 0.791. The predicted molar refractivity (Wildman–Crippen MR) is 74.4 cm³/mol. The zero-order chi connectivity index (χ0) is 11.9. The second-order valence-corrected chi connectivity index (χ2v) is 5.93. The average Bonchev–Trinajstić information content (AvgIpc) is 2.40. The number of piperidine rings is 1. The Morgan fingerprint density at radius 3 is 2.41 bits per heavy atom. The largest absolute Gasteiger partial charge is 0.313 e. The molecule has 2 rings (SSSR count). The molecule has 0 radical (unpaired) electrons. The third kappa shape index (κ3) is 4.26. The summed E-state index contributed by atoms with van der Waals surface area (Å²) in [6.07, 6.45) is 12.8. The standard InChI is InChI=1S/C15H30N2/c1-2-12-17(15-9-4-3-5-10-15)13-14-8-6-7-11-16-14/h14-16H,2-13H2,1H3. The molecular weight excluding hydrogens is 208 g/mol. The van der Waals surface area contributed by atoms with Gasteiger partial charge in [0.15, 0.2) is 0 Å². The van der Waals surface area contributed by atoms with Gasteiger partial charge in [-0.15, -0.1) is 0 Å². The molecule has 1 atom stereocenters. The van der Waals surface area contributed by atoms with Crippen molar-refractivity contribution < 1.29 is 0 Å². The highest BCUT2D eigenvalue weighted by Gasteiger charge is 2.23. The second-order valence-electron chi connectivity index (χ2n) is 5.93. The molecule has 1 N–H and O–H groups in total. The van der Waals surface area contributed by atoms with Crippen LogP contribution in [0.1, 0.15) is 64.7 Å². The van der Waals surface area contributed by atoms with Gasteiger partial charge in [0.05, 0.1) is 0 Å². The monoisotopic (exact) mass is 238 g/mol. The van der Waals surface area contributed by atoms with E-state index in [1.165, 1.54) is 77.4 Å². The summed E-state index contributed by atoms with van der Waals surface area (Å²) in [5.74, 6) is 0. The first-order valence-electron chi connectivity index (χ1n) is 7.87. The zero-order valence-electron chi connectivity index (χ0n) is 11.6. The molecule has 0 amide bonds. The van der Waals surface area contributed by atoms with E-state index in [9.17, 15) is 0 Å². The normalized spacial score (nSPS) is 27.5. The van der Waals surface area contributed by atoms with Crippen LogP contribution in [0.3, 0.4) is 0 Å². The van der Waals surface area contributed by atoms with Crippen LogP contribution < -0.4 is 5.32 Å². The lowest BCUT2D eigenvalue weighted by Crippen LogP contribution is -2.48. The number of nitrogens with one attached hydrogen (secondary N) is 1. The minimum atomic E-state index is 0.775. The number of hydrogen-bond acceptors (Lipinski definition) is 2. The van der Waals surface area contributed by atoms with Gasteiger partial charge in [-0.1, -0.05) is 32.6 Å². The molecule has 0 spiro atoms. The molecule has 2 heteroatoms. The first kappa shape index (κ1) is 13.4. The van der Waals surface area contributed by atoms with Crippen LogP contribution in [0, 0.1) is 0 Å². The van der Waals surface area contributed by atoms with E-state index >= 15 is 0 Å². The molecule has 17 heavy (non-hydrogen) atoms. The Morgan fingerprint density at radius 1 is 1.00 bits per heavy atom. The fourth-order valence-corrected chi connectivity index (χ4v) is 3.52. The van der Waals surface area contributed by atoms with Crippen LogP contribution in [-0.4, -0.2) is 36.6 Å². The van der Waals surface area contributed by atoms with Crippen molar-refractivity contribution in [2.24, 2.45) is 0 Å². The molecule has 2 fully saturated rings. The van der Waals surface area contributed by atoms with Gasteiger partial charge in [-0.25, -0.2) is 0 Å². The summed E-state index contributed by atoms with van der Waals surface area (Å²) in [6, 6.07) is 1.67. The molecule has 1 aliphatic carbocycles. The lowest BCUT2D eigenvalue weighted by Gasteiger charge is -2.37. The maximum atomic E-state index is 3.71. The molecule has 0 bridgehead atoms. The van der Waals surface area contributed by atoms with Gasteiger partial charge < -0.3 is 5.32 Å². The van der Waals surface area contributed by atoms with Crippen LogP contribution in [0.5, 0.6) is 0 Å². The molecule has 1 saturated carbocycles. The number of nitrogens with zero attached hydrogens (tertiary/aromatic N) is 1. The smallest absolute Gasteiger partial charge is 0.0195 e. The molecule has 2 aliphatic rings. The van der Waals surface area contributed by atoms with Crippen molar-refractivity contribution in [3.63, 3.8) is 0 Å². The van der Waals surface area contributed by atoms with Crippen LogP contribution in [0.2, 0.25) is 0 Å². The van der Waals surface area contributed by atoms with E-state index in [4.69, 9.17) is 0 Å².